The number of anilines is 1. The Kier molecular flexibility index (Phi) is 2.93. The summed E-state index contributed by atoms with van der Waals surface area (Å²) in [6, 6.07) is 16.1. The van der Waals surface area contributed by atoms with Gasteiger partial charge in [0.1, 0.15) is 0 Å². The molecule has 2 rings (SSSR count). The first kappa shape index (κ1) is 10.7. The molecule has 0 unspecified atom stereocenters. The largest absolute Gasteiger partial charge is 0.363 e. The van der Waals surface area contributed by atoms with Crippen LogP contribution in [-0.4, -0.2) is 0 Å². The van der Waals surface area contributed by atoms with Crippen LogP contribution >= 0.6 is 11.3 Å². The highest BCUT2D eigenvalue weighted by Crippen LogP contribution is 2.28. The van der Waals surface area contributed by atoms with E-state index >= 15 is 0 Å². The Morgan fingerprint density at radius 2 is 1.94 bits per heavy atom. The summed E-state index contributed by atoms with van der Waals surface area (Å²) in [6.07, 6.45) is 0. The zero-order chi connectivity index (χ0) is 11.4. The van der Waals surface area contributed by atoms with Crippen molar-refractivity contribution < 1.29 is 0 Å². The summed E-state index contributed by atoms with van der Waals surface area (Å²) >= 11 is 1.59. The van der Waals surface area contributed by atoms with E-state index in [1.807, 2.05) is 54.8 Å². The summed E-state index contributed by atoms with van der Waals surface area (Å²) in [6.45, 7) is 1.89. The second-order valence-corrected chi connectivity index (χ2v) is 4.65. The Labute approximate surface area is 99.2 Å². The molecule has 0 bridgehead atoms. The van der Waals surface area contributed by atoms with Gasteiger partial charge in [0.25, 0.3) is 0 Å². The van der Waals surface area contributed by atoms with E-state index in [1.165, 1.54) is 0 Å². The maximum Gasteiger partial charge on any atom is 0.157 e. The Morgan fingerprint density at radius 1 is 1.19 bits per heavy atom. The molecule has 0 radical (unpaired) electrons. The molecule has 0 aliphatic heterocycles. The fourth-order valence-electron chi connectivity index (χ4n) is 1.52. The first-order valence-electron chi connectivity index (χ1n) is 5.03. The molecule has 2 aromatic rings. The topological polar surface area (TPSA) is 35.8 Å². The van der Waals surface area contributed by atoms with Crippen molar-refractivity contribution in [2.75, 3.05) is 5.32 Å². The molecular weight excluding hydrogens is 216 g/mol. The minimum atomic E-state index is -0.657. The van der Waals surface area contributed by atoms with Gasteiger partial charge >= 0.3 is 0 Å². The molecule has 0 fully saturated rings. The lowest BCUT2D eigenvalue weighted by Crippen LogP contribution is -2.28. The number of nitriles is 1. The van der Waals surface area contributed by atoms with Crippen molar-refractivity contribution in [3.05, 3.63) is 52.7 Å². The van der Waals surface area contributed by atoms with Crippen molar-refractivity contribution in [3.63, 3.8) is 0 Å². The maximum atomic E-state index is 9.31. The number of nitrogens with zero attached hydrogens (tertiary/aromatic N) is 1. The number of benzene rings is 1. The van der Waals surface area contributed by atoms with Gasteiger partial charge in [0, 0.05) is 10.6 Å². The van der Waals surface area contributed by atoms with Gasteiger partial charge in [-0.05, 0) is 30.5 Å². The van der Waals surface area contributed by atoms with Crippen LogP contribution in [0, 0.1) is 11.3 Å². The summed E-state index contributed by atoms with van der Waals surface area (Å²) in [5.74, 6) is 0. The number of thiophene rings is 1. The van der Waals surface area contributed by atoms with Crippen molar-refractivity contribution in [2.45, 2.75) is 12.5 Å². The number of rotatable bonds is 3. The number of para-hydroxylation sites is 1. The molecule has 1 N–H and O–H groups in total. The van der Waals surface area contributed by atoms with Crippen LogP contribution in [0.15, 0.2) is 47.8 Å². The smallest absolute Gasteiger partial charge is 0.157 e. The number of nitrogens with one attached hydrogen (secondary N) is 1. The predicted molar refractivity (Wildman–Crippen MR) is 67.3 cm³/mol. The van der Waals surface area contributed by atoms with Gasteiger partial charge < -0.3 is 5.32 Å². The van der Waals surface area contributed by atoms with Gasteiger partial charge in [-0.1, -0.05) is 24.3 Å². The molecule has 0 aliphatic rings. The van der Waals surface area contributed by atoms with Crippen LogP contribution in [-0.2, 0) is 5.54 Å². The normalized spacial score (nSPS) is 13.8. The average Bonchev–Trinajstić information content (AvgIpc) is 2.84. The molecule has 0 saturated carbocycles. The molecule has 3 heteroatoms. The van der Waals surface area contributed by atoms with Crippen molar-refractivity contribution in [2.24, 2.45) is 0 Å². The second kappa shape index (κ2) is 4.38. The van der Waals surface area contributed by atoms with Gasteiger partial charge in [-0.2, -0.15) is 5.26 Å². The van der Waals surface area contributed by atoms with Crippen molar-refractivity contribution >= 4 is 17.0 Å². The van der Waals surface area contributed by atoms with Crippen molar-refractivity contribution in [1.29, 1.82) is 5.26 Å². The van der Waals surface area contributed by atoms with Crippen LogP contribution in [0.2, 0.25) is 0 Å². The van der Waals surface area contributed by atoms with Crippen LogP contribution in [0.25, 0.3) is 0 Å². The van der Waals surface area contributed by atoms with E-state index in [1.54, 1.807) is 11.3 Å². The van der Waals surface area contributed by atoms with E-state index < -0.39 is 5.54 Å². The third-order valence-corrected chi connectivity index (χ3v) is 3.50. The molecule has 0 spiro atoms. The molecule has 80 valence electrons. The fraction of sp³-hybridized carbons (Fsp3) is 0.154. The van der Waals surface area contributed by atoms with Crippen LogP contribution in [0.4, 0.5) is 5.69 Å². The Balaban J connectivity index is 2.28. The third-order valence-electron chi connectivity index (χ3n) is 2.41. The molecule has 0 amide bonds. The Bertz CT molecular complexity index is 484. The molecule has 16 heavy (non-hydrogen) atoms. The Hall–Kier alpha value is -1.79. The lowest BCUT2D eigenvalue weighted by molar-refractivity contribution is 0.723. The highest BCUT2D eigenvalue weighted by Gasteiger charge is 2.26. The van der Waals surface area contributed by atoms with Crippen molar-refractivity contribution in [3.8, 4) is 6.07 Å². The van der Waals surface area contributed by atoms with E-state index in [0.29, 0.717) is 0 Å². The lowest BCUT2D eigenvalue weighted by Gasteiger charge is -2.23. The van der Waals surface area contributed by atoms with Gasteiger partial charge in [-0.25, -0.2) is 0 Å². The number of hydrogen-bond donors (Lipinski definition) is 1. The van der Waals surface area contributed by atoms with E-state index in [4.69, 9.17) is 0 Å². The highest BCUT2D eigenvalue weighted by atomic mass is 32.1. The molecule has 1 atom stereocenters. The number of hydrogen-bond acceptors (Lipinski definition) is 3. The molecular formula is C13H12N2S. The summed E-state index contributed by atoms with van der Waals surface area (Å²) in [7, 11) is 0. The first-order valence-corrected chi connectivity index (χ1v) is 5.91. The summed E-state index contributed by atoms with van der Waals surface area (Å²) in [5.41, 5.74) is 0.301. The highest BCUT2D eigenvalue weighted by molar-refractivity contribution is 7.10. The van der Waals surface area contributed by atoms with Gasteiger partial charge in [-0.3, -0.25) is 0 Å². The monoisotopic (exact) mass is 228 g/mol. The molecule has 1 aromatic carbocycles. The summed E-state index contributed by atoms with van der Waals surface area (Å²) in [5, 5.41) is 14.6. The zero-order valence-corrected chi connectivity index (χ0v) is 9.79. The predicted octanol–water partition coefficient (Wildman–Crippen LogP) is 3.60. The van der Waals surface area contributed by atoms with Crippen LogP contribution in [0.5, 0.6) is 0 Å². The molecule has 2 nitrogen and oxygen atoms in total. The molecule has 0 saturated heterocycles. The van der Waals surface area contributed by atoms with E-state index in [2.05, 4.69) is 11.4 Å². The van der Waals surface area contributed by atoms with Gasteiger partial charge in [0.05, 0.1) is 6.07 Å². The zero-order valence-electron chi connectivity index (χ0n) is 8.97. The average molecular weight is 228 g/mol. The first-order chi connectivity index (χ1) is 7.74. The van der Waals surface area contributed by atoms with E-state index in [9.17, 15) is 5.26 Å². The quantitative estimate of drug-likeness (QED) is 0.871. The third kappa shape index (κ3) is 2.07. The fourth-order valence-corrected chi connectivity index (χ4v) is 2.31. The Morgan fingerprint density at radius 3 is 2.50 bits per heavy atom. The van der Waals surface area contributed by atoms with Gasteiger partial charge in [-0.15, -0.1) is 11.3 Å². The van der Waals surface area contributed by atoms with Gasteiger partial charge in [0.15, 0.2) is 5.54 Å². The second-order valence-electron chi connectivity index (χ2n) is 3.71. The minimum absolute atomic E-state index is 0.657. The van der Waals surface area contributed by atoms with Crippen LogP contribution in [0.1, 0.15) is 11.8 Å². The van der Waals surface area contributed by atoms with E-state index in [0.717, 1.165) is 10.6 Å². The lowest BCUT2D eigenvalue weighted by atomic mass is 10.0. The van der Waals surface area contributed by atoms with Crippen molar-refractivity contribution in [1.82, 2.24) is 0 Å². The SMILES string of the molecule is C[C@@](C#N)(Nc1ccccc1)c1cccs1. The van der Waals surface area contributed by atoms with E-state index in [-0.39, 0.29) is 0 Å². The standard InChI is InChI=1S/C13H12N2S/c1-13(10-14,12-8-5-9-16-12)15-11-6-3-2-4-7-11/h2-9,15H,1H3/t13-/m0/s1. The maximum absolute atomic E-state index is 9.31. The van der Waals surface area contributed by atoms with Crippen LogP contribution < -0.4 is 5.32 Å². The van der Waals surface area contributed by atoms with Crippen LogP contribution in [0.3, 0.4) is 0 Å². The summed E-state index contributed by atoms with van der Waals surface area (Å²) in [4.78, 5) is 1.03. The molecule has 1 aromatic heterocycles. The van der Waals surface area contributed by atoms with Gasteiger partial charge in [0.2, 0.25) is 0 Å². The molecule has 1 heterocycles. The minimum Gasteiger partial charge on any atom is -0.363 e. The summed E-state index contributed by atoms with van der Waals surface area (Å²) < 4.78 is 0. The molecule has 0 aliphatic carbocycles.